The van der Waals surface area contributed by atoms with E-state index in [1.807, 2.05) is 0 Å². The van der Waals surface area contributed by atoms with Crippen LogP contribution in [0.4, 0.5) is 11.4 Å². The molecule has 31 heavy (non-hydrogen) atoms. The van der Waals surface area contributed by atoms with Crippen LogP contribution in [-0.4, -0.2) is 23.0 Å². The molecule has 3 aromatic rings. The number of halogens is 2. The lowest BCUT2D eigenvalue weighted by atomic mass is 10.1. The summed E-state index contributed by atoms with van der Waals surface area (Å²) in [6, 6.07) is 11.9. The molecule has 1 heterocycles. The Hall–Kier alpha value is -3.69. The third kappa shape index (κ3) is 5.47. The highest BCUT2D eigenvalue weighted by Gasteiger charge is 2.18. The van der Waals surface area contributed by atoms with E-state index < -0.39 is 10.8 Å². The molecule has 0 fully saturated rings. The predicted octanol–water partition coefficient (Wildman–Crippen LogP) is 4.88. The van der Waals surface area contributed by atoms with E-state index in [1.165, 1.54) is 19.2 Å². The van der Waals surface area contributed by atoms with Gasteiger partial charge >= 0.3 is 0 Å². The summed E-state index contributed by atoms with van der Waals surface area (Å²) in [5.74, 6) is -0.0375. The highest BCUT2D eigenvalue weighted by molar-refractivity contribution is 6.36. The Balaban J connectivity index is 1.67. The molecular weight excluding hydrogens is 447 g/mol. The van der Waals surface area contributed by atoms with Crippen LogP contribution in [0.5, 0.6) is 0 Å². The van der Waals surface area contributed by atoms with Crippen LogP contribution in [0.3, 0.4) is 0 Å². The summed E-state index contributed by atoms with van der Waals surface area (Å²) in [5, 5.41) is 17.4. The number of anilines is 1. The average molecular weight is 461 g/mol. The number of hydrogen-bond donors (Lipinski definition) is 2. The molecule has 0 atom stereocenters. The van der Waals surface area contributed by atoms with Gasteiger partial charge in [-0.15, -0.1) is 0 Å². The van der Waals surface area contributed by atoms with Crippen molar-refractivity contribution in [1.82, 2.24) is 5.43 Å². The van der Waals surface area contributed by atoms with E-state index in [0.717, 1.165) is 6.07 Å². The molecule has 9 nitrogen and oxygen atoms in total. The Kier molecular flexibility index (Phi) is 6.68. The van der Waals surface area contributed by atoms with E-state index in [2.05, 4.69) is 15.8 Å². The fourth-order valence-electron chi connectivity index (χ4n) is 2.56. The predicted molar refractivity (Wildman–Crippen MR) is 117 cm³/mol. The minimum Gasteiger partial charge on any atom is -0.455 e. The van der Waals surface area contributed by atoms with E-state index >= 15 is 0 Å². The van der Waals surface area contributed by atoms with Gasteiger partial charge in [0.15, 0.2) is 0 Å². The van der Waals surface area contributed by atoms with E-state index in [-0.39, 0.29) is 21.6 Å². The molecule has 2 aromatic carbocycles. The molecule has 11 heteroatoms. The Labute approximate surface area is 185 Å². The summed E-state index contributed by atoms with van der Waals surface area (Å²) in [4.78, 5) is 33.5. The zero-order valence-corrected chi connectivity index (χ0v) is 17.4. The van der Waals surface area contributed by atoms with Crippen LogP contribution in [0.15, 0.2) is 58.0 Å². The van der Waals surface area contributed by atoms with Crippen molar-refractivity contribution in [3.63, 3.8) is 0 Å². The number of benzene rings is 2. The van der Waals surface area contributed by atoms with Crippen molar-refractivity contribution >= 4 is 52.6 Å². The number of furan rings is 1. The SMILES string of the molecule is CC(=O)Nc1ccc(C(=O)N/N=C\c2ccc(-c3cc(Cl)c([N+](=O)[O-])cc3Cl)o2)cc1. The summed E-state index contributed by atoms with van der Waals surface area (Å²) >= 11 is 12.0. The molecular formula is C20H14Cl2N4O5. The number of carbonyl (C=O) groups excluding carboxylic acids is 2. The maximum atomic E-state index is 12.1. The standard InChI is InChI=1S/C20H14Cl2N4O5/c1-11(27)24-13-4-2-12(3-5-13)20(28)25-23-10-14-6-7-19(31-14)15-8-17(22)18(26(29)30)9-16(15)21/h2-10H,1H3,(H,24,27)(H,25,28)/b23-10-. The zero-order chi connectivity index (χ0) is 22.5. The summed E-state index contributed by atoms with van der Waals surface area (Å²) in [5.41, 5.74) is 3.34. The molecule has 0 spiro atoms. The average Bonchev–Trinajstić information content (AvgIpc) is 3.18. The molecule has 2 N–H and O–H groups in total. The molecule has 0 aliphatic heterocycles. The normalized spacial score (nSPS) is 10.8. The van der Waals surface area contributed by atoms with Crippen molar-refractivity contribution in [2.24, 2.45) is 5.10 Å². The summed E-state index contributed by atoms with van der Waals surface area (Å²) in [6.45, 7) is 1.39. The number of nitro groups is 1. The van der Waals surface area contributed by atoms with Crippen LogP contribution in [0, 0.1) is 10.1 Å². The van der Waals surface area contributed by atoms with Gasteiger partial charge in [0.2, 0.25) is 5.91 Å². The van der Waals surface area contributed by atoms with Gasteiger partial charge in [-0.25, -0.2) is 5.43 Å². The second-order valence-corrected chi connectivity index (χ2v) is 7.01. The van der Waals surface area contributed by atoms with Gasteiger partial charge in [-0.05, 0) is 42.5 Å². The topological polar surface area (TPSA) is 127 Å². The first-order valence-corrected chi connectivity index (χ1v) is 9.45. The van der Waals surface area contributed by atoms with Crippen molar-refractivity contribution in [2.45, 2.75) is 6.92 Å². The molecule has 0 aliphatic rings. The number of carbonyl (C=O) groups is 2. The molecule has 0 unspecified atom stereocenters. The van der Waals surface area contributed by atoms with E-state index in [9.17, 15) is 19.7 Å². The molecule has 3 rings (SSSR count). The third-order valence-electron chi connectivity index (χ3n) is 3.95. The highest BCUT2D eigenvalue weighted by atomic mass is 35.5. The third-order valence-corrected chi connectivity index (χ3v) is 4.57. The number of nitrogens with one attached hydrogen (secondary N) is 2. The Morgan fingerprint density at radius 1 is 1.10 bits per heavy atom. The van der Waals surface area contributed by atoms with Crippen LogP contribution in [0.25, 0.3) is 11.3 Å². The molecule has 0 saturated heterocycles. The van der Waals surface area contributed by atoms with Gasteiger partial charge in [0.25, 0.3) is 11.6 Å². The minimum absolute atomic E-state index is 0.0761. The largest absolute Gasteiger partial charge is 0.455 e. The fraction of sp³-hybridized carbons (Fsp3) is 0.0500. The number of rotatable bonds is 6. The fourth-order valence-corrected chi connectivity index (χ4v) is 3.04. The lowest BCUT2D eigenvalue weighted by Crippen LogP contribution is -2.17. The van der Waals surface area contributed by atoms with Crippen molar-refractivity contribution < 1.29 is 18.9 Å². The second-order valence-electron chi connectivity index (χ2n) is 6.20. The number of hydrogen-bond acceptors (Lipinski definition) is 6. The first-order chi connectivity index (χ1) is 14.7. The Morgan fingerprint density at radius 3 is 2.45 bits per heavy atom. The summed E-state index contributed by atoms with van der Waals surface area (Å²) < 4.78 is 5.59. The molecule has 0 bridgehead atoms. The molecule has 0 aliphatic carbocycles. The highest BCUT2D eigenvalue weighted by Crippen LogP contribution is 2.37. The minimum atomic E-state index is -0.631. The smallest absolute Gasteiger partial charge is 0.289 e. The molecule has 158 valence electrons. The Bertz CT molecular complexity index is 1190. The quantitative estimate of drug-likeness (QED) is 0.307. The van der Waals surface area contributed by atoms with E-state index in [0.29, 0.717) is 28.3 Å². The van der Waals surface area contributed by atoms with Crippen LogP contribution < -0.4 is 10.7 Å². The Morgan fingerprint density at radius 2 is 1.81 bits per heavy atom. The van der Waals surface area contributed by atoms with E-state index in [1.54, 1.807) is 36.4 Å². The van der Waals surface area contributed by atoms with Crippen molar-refractivity contribution in [3.8, 4) is 11.3 Å². The lowest BCUT2D eigenvalue weighted by molar-refractivity contribution is -0.384. The lowest BCUT2D eigenvalue weighted by Gasteiger charge is -2.03. The maximum Gasteiger partial charge on any atom is 0.289 e. The van der Waals surface area contributed by atoms with Crippen LogP contribution in [0.1, 0.15) is 23.0 Å². The first kappa shape index (κ1) is 22.0. The second kappa shape index (κ2) is 9.41. The van der Waals surface area contributed by atoms with Crippen molar-refractivity contribution in [2.75, 3.05) is 5.32 Å². The summed E-state index contributed by atoms with van der Waals surface area (Å²) in [7, 11) is 0. The van der Waals surface area contributed by atoms with Crippen LogP contribution >= 0.6 is 23.2 Å². The van der Waals surface area contributed by atoms with Crippen molar-refractivity contribution in [1.29, 1.82) is 0 Å². The van der Waals surface area contributed by atoms with Gasteiger partial charge in [0.1, 0.15) is 16.5 Å². The monoisotopic (exact) mass is 460 g/mol. The van der Waals surface area contributed by atoms with Gasteiger partial charge < -0.3 is 9.73 Å². The van der Waals surface area contributed by atoms with Gasteiger partial charge in [-0.3, -0.25) is 19.7 Å². The van der Waals surface area contributed by atoms with Gasteiger partial charge in [0, 0.05) is 29.8 Å². The molecule has 2 amide bonds. The molecule has 1 aromatic heterocycles. The van der Waals surface area contributed by atoms with Crippen LogP contribution in [-0.2, 0) is 4.79 Å². The number of amides is 2. The van der Waals surface area contributed by atoms with Gasteiger partial charge in [-0.1, -0.05) is 23.2 Å². The number of nitrogens with zero attached hydrogens (tertiary/aromatic N) is 2. The van der Waals surface area contributed by atoms with Gasteiger partial charge in [-0.2, -0.15) is 5.10 Å². The van der Waals surface area contributed by atoms with E-state index in [4.69, 9.17) is 27.6 Å². The maximum absolute atomic E-state index is 12.1. The molecule has 0 radical (unpaired) electrons. The van der Waals surface area contributed by atoms with Gasteiger partial charge in [0.05, 0.1) is 16.2 Å². The zero-order valence-electron chi connectivity index (χ0n) is 15.9. The summed E-state index contributed by atoms with van der Waals surface area (Å²) in [6.07, 6.45) is 1.29. The van der Waals surface area contributed by atoms with Crippen molar-refractivity contribution in [3.05, 3.63) is 80.0 Å². The number of nitro benzene ring substituents is 1. The molecule has 0 saturated carbocycles. The van der Waals surface area contributed by atoms with Crippen LogP contribution in [0.2, 0.25) is 10.0 Å². The number of hydrazone groups is 1. The first-order valence-electron chi connectivity index (χ1n) is 8.69.